The number of benzene rings is 3. The standard InChI is InChI=1S/C28H23BrClN3O4S/c1-37-23-9-7-22(8-10-23)33(16-19-5-3-2-4-6-19)38(35,36)24-11-12-26(30)25(14-24)28(34)32-17-20-13-21(29)15-31-27(20)18-32/h2-15H,16-18H2,1H3. The van der Waals surface area contributed by atoms with E-state index in [9.17, 15) is 13.2 Å². The van der Waals surface area contributed by atoms with Crippen LogP contribution in [0.4, 0.5) is 5.69 Å². The third-order valence-corrected chi connectivity index (χ3v) is 8.83. The second-order valence-electron chi connectivity index (χ2n) is 8.76. The first-order chi connectivity index (χ1) is 18.3. The predicted molar refractivity (Wildman–Crippen MR) is 150 cm³/mol. The average molecular weight is 613 g/mol. The van der Waals surface area contributed by atoms with Gasteiger partial charge in [-0.25, -0.2) is 8.42 Å². The molecule has 0 saturated heterocycles. The molecule has 0 fully saturated rings. The number of carbonyl (C=O) groups excluding carboxylic acids is 1. The highest BCUT2D eigenvalue weighted by Gasteiger charge is 2.30. The predicted octanol–water partition coefficient (Wildman–Crippen LogP) is 6.06. The van der Waals surface area contributed by atoms with Crippen LogP contribution in [0, 0.1) is 0 Å². The van der Waals surface area contributed by atoms with Crippen molar-refractivity contribution in [3.05, 3.63) is 117 Å². The normalized spacial score (nSPS) is 12.8. The van der Waals surface area contributed by atoms with E-state index in [-0.39, 0.29) is 27.9 Å². The molecule has 0 bridgehead atoms. The molecule has 3 aromatic carbocycles. The van der Waals surface area contributed by atoms with Crippen molar-refractivity contribution in [1.82, 2.24) is 9.88 Å². The van der Waals surface area contributed by atoms with Crippen LogP contribution < -0.4 is 9.04 Å². The molecule has 7 nitrogen and oxygen atoms in total. The van der Waals surface area contributed by atoms with Crippen LogP contribution in [0.1, 0.15) is 27.2 Å². The number of methoxy groups -OCH3 is 1. The number of hydrogen-bond donors (Lipinski definition) is 0. The summed E-state index contributed by atoms with van der Waals surface area (Å²) >= 11 is 9.83. The summed E-state index contributed by atoms with van der Waals surface area (Å²) in [4.78, 5) is 19.4. The van der Waals surface area contributed by atoms with E-state index in [1.807, 2.05) is 36.4 Å². The minimum Gasteiger partial charge on any atom is -0.497 e. The van der Waals surface area contributed by atoms with Crippen molar-refractivity contribution in [3.8, 4) is 5.75 Å². The van der Waals surface area contributed by atoms with Crippen LogP contribution in [-0.2, 0) is 29.7 Å². The van der Waals surface area contributed by atoms with Crippen molar-refractivity contribution in [2.75, 3.05) is 11.4 Å². The number of nitrogens with zero attached hydrogens (tertiary/aromatic N) is 3. The van der Waals surface area contributed by atoms with Crippen molar-refractivity contribution in [2.24, 2.45) is 0 Å². The lowest BCUT2D eigenvalue weighted by Gasteiger charge is -2.25. The van der Waals surface area contributed by atoms with E-state index >= 15 is 0 Å². The SMILES string of the molecule is COc1ccc(N(Cc2ccccc2)S(=O)(=O)c2ccc(Cl)c(C(=O)N3Cc4cc(Br)cnc4C3)c2)cc1. The van der Waals surface area contributed by atoms with E-state index in [4.69, 9.17) is 16.3 Å². The zero-order chi connectivity index (χ0) is 26.9. The van der Waals surface area contributed by atoms with Crippen molar-refractivity contribution >= 4 is 49.1 Å². The molecule has 10 heteroatoms. The van der Waals surface area contributed by atoms with Crippen LogP contribution >= 0.6 is 27.5 Å². The first kappa shape index (κ1) is 26.2. The van der Waals surface area contributed by atoms with Crippen molar-refractivity contribution in [1.29, 1.82) is 0 Å². The summed E-state index contributed by atoms with van der Waals surface area (Å²) in [6.07, 6.45) is 1.69. The Labute approximate surface area is 234 Å². The average Bonchev–Trinajstić information content (AvgIpc) is 3.35. The van der Waals surface area contributed by atoms with Gasteiger partial charge in [0.2, 0.25) is 0 Å². The molecule has 1 aliphatic rings. The zero-order valence-corrected chi connectivity index (χ0v) is 23.5. The Morgan fingerprint density at radius 1 is 1.05 bits per heavy atom. The largest absolute Gasteiger partial charge is 0.497 e. The highest BCUT2D eigenvalue weighted by Crippen LogP contribution is 2.32. The first-order valence-corrected chi connectivity index (χ1v) is 14.3. The van der Waals surface area contributed by atoms with Gasteiger partial charge in [-0.15, -0.1) is 0 Å². The summed E-state index contributed by atoms with van der Waals surface area (Å²) in [6, 6.07) is 22.3. The Hall–Kier alpha value is -3.40. The fraction of sp³-hybridized carbons (Fsp3) is 0.143. The van der Waals surface area contributed by atoms with E-state index in [0.29, 0.717) is 24.5 Å². The van der Waals surface area contributed by atoms with Crippen LogP contribution in [0.25, 0.3) is 0 Å². The molecule has 0 radical (unpaired) electrons. The summed E-state index contributed by atoms with van der Waals surface area (Å²) in [5.41, 5.74) is 3.12. The molecule has 0 spiro atoms. The molecule has 194 valence electrons. The van der Waals surface area contributed by atoms with Gasteiger partial charge < -0.3 is 9.64 Å². The number of sulfonamides is 1. The number of amides is 1. The molecule has 2 heterocycles. The van der Waals surface area contributed by atoms with Crippen LogP contribution in [0.15, 0.2) is 94.4 Å². The molecule has 0 N–H and O–H groups in total. The Morgan fingerprint density at radius 2 is 1.79 bits per heavy atom. The third kappa shape index (κ3) is 5.27. The topological polar surface area (TPSA) is 79.8 Å². The van der Waals surface area contributed by atoms with Gasteiger partial charge in [-0.3, -0.25) is 14.1 Å². The number of rotatable bonds is 7. The molecule has 1 aromatic heterocycles. The molecule has 0 unspecified atom stereocenters. The van der Waals surface area contributed by atoms with E-state index in [2.05, 4.69) is 20.9 Å². The van der Waals surface area contributed by atoms with Crippen molar-refractivity contribution in [2.45, 2.75) is 24.5 Å². The molecule has 4 aromatic rings. The van der Waals surface area contributed by atoms with Gasteiger partial charge in [0.1, 0.15) is 5.75 Å². The van der Waals surface area contributed by atoms with Gasteiger partial charge in [0.25, 0.3) is 15.9 Å². The monoisotopic (exact) mass is 611 g/mol. The summed E-state index contributed by atoms with van der Waals surface area (Å²) in [6.45, 7) is 0.782. The lowest BCUT2D eigenvalue weighted by molar-refractivity contribution is 0.0750. The highest BCUT2D eigenvalue weighted by atomic mass is 79.9. The maximum absolute atomic E-state index is 14.0. The molecule has 0 saturated carbocycles. The number of aromatic nitrogens is 1. The number of hydrogen-bond acceptors (Lipinski definition) is 5. The number of pyridine rings is 1. The quantitative estimate of drug-likeness (QED) is 0.254. The molecule has 0 aliphatic carbocycles. The van der Waals surface area contributed by atoms with Gasteiger partial charge in [0, 0.05) is 17.2 Å². The van der Waals surface area contributed by atoms with E-state index in [1.54, 1.807) is 42.5 Å². The Bertz CT molecular complexity index is 1600. The van der Waals surface area contributed by atoms with Gasteiger partial charge >= 0.3 is 0 Å². The van der Waals surface area contributed by atoms with Gasteiger partial charge in [-0.2, -0.15) is 0 Å². The maximum Gasteiger partial charge on any atom is 0.264 e. The summed E-state index contributed by atoms with van der Waals surface area (Å²) in [5, 5.41) is 0.179. The van der Waals surface area contributed by atoms with E-state index < -0.39 is 10.0 Å². The maximum atomic E-state index is 14.0. The minimum absolute atomic E-state index is 0.0328. The number of fused-ring (bicyclic) bond motifs is 1. The summed E-state index contributed by atoms with van der Waals surface area (Å²) < 4.78 is 35.4. The molecule has 1 amide bonds. The van der Waals surface area contributed by atoms with Gasteiger partial charge in [-0.1, -0.05) is 41.9 Å². The number of carbonyl (C=O) groups is 1. The van der Waals surface area contributed by atoms with Crippen LogP contribution in [0.3, 0.4) is 0 Å². The third-order valence-electron chi connectivity index (χ3n) is 6.30. The summed E-state index contributed by atoms with van der Waals surface area (Å²) in [7, 11) is -2.53. The van der Waals surface area contributed by atoms with Crippen LogP contribution in [0.2, 0.25) is 5.02 Å². The Balaban J connectivity index is 1.50. The van der Waals surface area contributed by atoms with Gasteiger partial charge in [0.05, 0.1) is 47.1 Å². The number of anilines is 1. The van der Waals surface area contributed by atoms with Crippen LogP contribution in [0.5, 0.6) is 5.75 Å². The molecular formula is C28H23BrClN3O4S. The van der Waals surface area contributed by atoms with E-state index in [1.165, 1.54) is 22.5 Å². The molecule has 5 rings (SSSR count). The first-order valence-electron chi connectivity index (χ1n) is 11.7. The van der Waals surface area contributed by atoms with Crippen molar-refractivity contribution in [3.63, 3.8) is 0 Å². The highest BCUT2D eigenvalue weighted by molar-refractivity contribution is 9.10. The van der Waals surface area contributed by atoms with Gasteiger partial charge in [0.15, 0.2) is 0 Å². The second kappa shape index (κ2) is 10.8. The molecule has 38 heavy (non-hydrogen) atoms. The number of ether oxygens (including phenoxy) is 1. The van der Waals surface area contributed by atoms with Crippen LogP contribution in [-0.4, -0.2) is 31.3 Å². The Morgan fingerprint density at radius 3 is 2.50 bits per heavy atom. The smallest absolute Gasteiger partial charge is 0.264 e. The lowest BCUT2D eigenvalue weighted by Crippen LogP contribution is -2.31. The second-order valence-corrected chi connectivity index (χ2v) is 11.9. The van der Waals surface area contributed by atoms with Crippen molar-refractivity contribution < 1.29 is 17.9 Å². The number of halogens is 2. The Kier molecular flexibility index (Phi) is 7.43. The van der Waals surface area contributed by atoms with E-state index in [0.717, 1.165) is 21.3 Å². The molecule has 0 atom stereocenters. The molecular weight excluding hydrogens is 590 g/mol. The fourth-order valence-corrected chi connectivity index (χ4v) is 6.37. The van der Waals surface area contributed by atoms with Gasteiger partial charge in [-0.05, 0) is 75.6 Å². The zero-order valence-electron chi connectivity index (χ0n) is 20.3. The molecule has 1 aliphatic heterocycles. The fourth-order valence-electron chi connectivity index (χ4n) is 4.31. The lowest BCUT2D eigenvalue weighted by atomic mass is 10.2. The summed E-state index contributed by atoms with van der Waals surface area (Å²) in [5.74, 6) is 0.249. The minimum atomic E-state index is -4.08.